The minimum atomic E-state index is -2.86. The van der Waals surface area contributed by atoms with Crippen molar-refractivity contribution in [3.8, 4) is 0 Å². The van der Waals surface area contributed by atoms with Crippen molar-refractivity contribution in [3.63, 3.8) is 0 Å². The van der Waals surface area contributed by atoms with Gasteiger partial charge in [0, 0.05) is 31.9 Å². The number of rotatable bonds is 26. The van der Waals surface area contributed by atoms with Gasteiger partial charge in [-0.3, -0.25) is 0 Å². The topological polar surface area (TPSA) is 79.7 Å². The Morgan fingerprint density at radius 3 is 1.23 bits per heavy atom. The summed E-state index contributed by atoms with van der Waals surface area (Å²) in [4.78, 5) is 0. The maximum atomic E-state index is 6.81. The van der Waals surface area contributed by atoms with Crippen LogP contribution in [0.25, 0.3) is 0 Å². The zero-order valence-corrected chi connectivity index (χ0v) is 25.6. The van der Waals surface area contributed by atoms with Crippen LogP contribution >= 0.6 is 0 Å². The predicted molar refractivity (Wildman–Crippen MR) is 155 cm³/mol. The average Bonchev–Trinajstić information content (AvgIpc) is 2.87. The van der Waals surface area contributed by atoms with Gasteiger partial charge < -0.3 is 24.7 Å². The van der Waals surface area contributed by atoms with E-state index in [1.165, 1.54) is 57.8 Å². The standard InChI is InChI=1S/C29H64N2O3Si/c1-7-13-16-26(10-4)23-32-35(22-20-29(31)19-21-30,33-24-27(11-5)17-14-8-2)34-25-28(12-6)18-15-9-3/h26-29H,7-25,30-31H2,1-6H3. The summed E-state index contributed by atoms with van der Waals surface area (Å²) in [6.07, 6.45) is 16.2. The summed E-state index contributed by atoms with van der Waals surface area (Å²) in [5, 5.41) is 0. The molecule has 0 aromatic rings. The molecule has 0 aliphatic heterocycles. The Balaban J connectivity index is 5.65. The second-order valence-electron chi connectivity index (χ2n) is 10.7. The van der Waals surface area contributed by atoms with Crippen molar-refractivity contribution in [1.82, 2.24) is 0 Å². The van der Waals surface area contributed by atoms with Crippen LogP contribution in [0.4, 0.5) is 0 Å². The summed E-state index contributed by atoms with van der Waals surface area (Å²) >= 11 is 0. The van der Waals surface area contributed by atoms with Gasteiger partial charge in [0.2, 0.25) is 0 Å². The molecule has 0 spiro atoms. The summed E-state index contributed by atoms with van der Waals surface area (Å²) in [6, 6.07) is 0.876. The van der Waals surface area contributed by atoms with E-state index >= 15 is 0 Å². The molecule has 35 heavy (non-hydrogen) atoms. The largest absolute Gasteiger partial charge is 0.501 e. The van der Waals surface area contributed by atoms with Crippen LogP contribution in [-0.4, -0.2) is 41.2 Å². The van der Waals surface area contributed by atoms with E-state index in [1.54, 1.807) is 0 Å². The number of nitrogens with two attached hydrogens (primary N) is 2. The summed E-state index contributed by atoms with van der Waals surface area (Å²) in [5.74, 6) is 1.70. The van der Waals surface area contributed by atoms with E-state index in [0.29, 0.717) is 24.3 Å². The maximum Gasteiger partial charge on any atom is 0.501 e. The Labute approximate surface area is 221 Å². The highest BCUT2D eigenvalue weighted by atomic mass is 28.4. The molecular weight excluding hydrogens is 452 g/mol. The molecule has 6 heteroatoms. The lowest BCUT2D eigenvalue weighted by atomic mass is 10.0. The molecule has 0 aromatic carbocycles. The molecule has 212 valence electrons. The van der Waals surface area contributed by atoms with Gasteiger partial charge in [-0.15, -0.1) is 0 Å². The minimum absolute atomic E-state index is 0.0777. The van der Waals surface area contributed by atoms with Crippen LogP contribution in [0.2, 0.25) is 6.04 Å². The Bertz CT molecular complexity index is 405. The van der Waals surface area contributed by atoms with Gasteiger partial charge in [-0.05, 0) is 56.4 Å². The molecular formula is C29H64N2O3Si. The van der Waals surface area contributed by atoms with Gasteiger partial charge in [-0.25, -0.2) is 0 Å². The van der Waals surface area contributed by atoms with E-state index in [9.17, 15) is 0 Å². The summed E-state index contributed by atoms with van der Waals surface area (Å²) in [5.41, 5.74) is 12.2. The molecule has 4 atom stereocenters. The Morgan fingerprint density at radius 1 is 0.571 bits per heavy atom. The van der Waals surface area contributed by atoms with Gasteiger partial charge in [-0.1, -0.05) is 99.3 Å². The number of hydrogen-bond acceptors (Lipinski definition) is 5. The molecule has 0 fully saturated rings. The molecule has 0 bridgehead atoms. The predicted octanol–water partition coefficient (Wildman–Crippen LogP) is 7.69. The second kappa shape index (κ2) is 23.2. The molecule has 4 unspecified atom stereocenters. The average molecular weight is 517 g/mol. The third kappa shape index (κ3) is 17.2. The maximum absolute atomic E-state index is 6.81. The van der Waals surface area contributed by atoms with Crippen LogP contribution in [0.15, 0.2) is 0 Å². The van der Waals surface area contributed by atoms with E-state index in [2.05, 4.69) is 41.5 Å². The van der Waals surface area contributed by atoms with Crippen LogP contribution in [0.3, 0.4) is 0 Å². The van der Waals surface area contributed by atoms with Crippen LogP contribution < -0.4 is 11.5 Å². The van der Waals surface area contributed by atoms with E-state index in [4.69, 9.17) is 24.7 Å². The molecule has 0 aliphatic rings. The second-order valence-corrected chi connectivity index (χ2v) is 13.5. The normalized spacial score (nSPS) is 17.1. The highest BCUT2D eigenvalue weighted by molar-refractivity contribution is 6.60. The summed E-state index contributed by atoms with van der Waals surface area (Å²) in [6.45, 7) is 16.5. The quantitative estimate of drug-likeness (QED) is 0.115. The van der Waals surface area contributed by atoms with Crippen LogP contribution in [0.1, 0.15) is 131 Å². The van der Waals surface area contributed by atoms with Crippen molar-refractivity contribution in [1.29, 1.82) is 0 Å². The molecule has 0 aliphatic carbocycles. The highest BCUT2D eigenvalue weighted by Gasteiger charge is 2.43. The number of unbranched alkanes of at least 4 members (excludes halogenated alkanes) is 3. The van der Waals surface area contributed by atoms with Crippen molar-refractivity contribution in [2.24, 2.45) is 29.2 Å². The minimum Gasteiger partial charge on any atom is -0.373 e. The fourth-order valence-electron chi connectivity index (χ4n) is 4.49. The molecule has 0 heterocycles. The fraction of sp³-hybridized carbons (Fsp3) is 1.00. The van der Waals surface area contributed by atoms with Gasteiger partial charge in [0.1, 0.15) is 0 Å². The fourth-order valence-corrected chi connectivity index (χ4v) is 7.37. The lowest BCUT2D eigenvalue weighted by Gasteiger charge is -2.34. The van der Waals surface area contributed by atoms with Crippen molar-refractivity contribution < 1.29 is 13.3 Å². The van der Waals surface area contributed by atoms with Crippen LogP contribution in [-0.2, 0) is 13.3 Å². The third-order valence-corrected chi connectivity index (χ3v) is 10.3. The lowest BCUT2D eigenvalue weighted by Crippen LogP contribution is -2.49. The zero-order chi connectivity index (χ0) is 26.4. The van der Waals surface area contributed by atoms with Gasteiger partial charge in [-0.2, -0.15) is 0 Å². The SMILES string of the molecule is CCCCC(CC)CO[Si](CCC(N)CCN)(OCC(CC)CCCC)OCC(CC)CCCC. The van der Waals surface area contributed by atoms with Crippen molar-refractivity contribution in [3.05, 3.63) is 0 Å². The molecule has 0 saturated carbocycles. The monoisotopic (exact) mass is 516 g/mol. The van der Waals surface area contributed by atoms with Crippen molar-refractivity contribution in [2.75, 3.05) is 26.4 Å². The van der Waals surface area contributed by atoms with E-state index in [-0.39, 0.29) is 6.04 Å². The van der Waals surface area contributed by atoms with Crippen molar-refractivity contribution >= 4 is 8.80 Å². The summed E-state index contributed by atoms with van der Waals surface area (Å²) < 4.78 is 20.4. The van der Waals surface area contributed by atoms with Crippen molar-refractivity contribution in [2.45, 2.75) is 144 Å². The van der Waals surface area contributed by atoms with Gasteiger partial charge in [0.25, 0.3) is 0 Å². The molecule has 4 N–H and O–H groups in total. The van der Waals surface area contributed by atoms with E-state index in [1.807, 2.05) is 0 Å². The molecule has 0 saturated heterocycles. The summed E-state index contributed by atoms with van der Waals surface area (Å²) in [7, 11) is -2.86. The first-order chi connectivity index (χ1) is 16.9. The zero-order valence-electron chi connectivity index (χ0n) is 24.6. The molecule has 0 rings (SSSR count). The molecule has 5 nitrogen and oxygen atoms in total. The van der Waals surface area contributed by atoms with E-state index in [0.717, 1.165) is 58.0 Å². The molecule has 0 amide bonds. The smallest absolute Gasteiger partial charge is 0.373 e. The first-order valence-corrected chi connectivity index (χ1v) is 17.2. The molecule has 0 radical (unpaired) electrons. The Kier molecular flexibility index (Phi) is 23.2. The van der Waals surface area contributed by atoms with Gasteiger partial charge >= 0.3 is 8.80 Å². The van der Waals surface area contributed by atoms with Crippen LogP contribution in [0.5, 0.6) is 0 Å². The Morgan fingerprint density at radius 2 is 0.943 bits per heavy atom. The lowest BCUT2D eigenvalue weighted by molar-refractivity contribution is 0.0237. The van der Waals surface area contributed by atoms with Gasteiger partial charge in [0.05, 0.1) is 0 Å². The first-order valence-electron chi connectivity index (χ1n) is 15.3. The van der Waals surface area contributed by atoms with Gasteiger partial charge in [0.15, 0.2) is 0 Å². The van der Waals surface area contributed by atoms with Crippen LogP contribution in [0, 0.1) is 17.8 Å². The molecule has 0 aromatic heterocycles. The Hall–Kier alpha value is 0.0169. The van der Waals surface area contributed by atoms with E-state index < -0.39 is 8.80 Å². The number of hydrogen-bond donors (Lipinski definition) is 2. The highest BCUT2D eigenvalue weighted by Crippen LogP contribution is 2.27. The third-order valence-electron chi connectivity index (χ3n) is 7.61. The first kappa shape index (κ1) is 35.0.